The van der Waals surface area contributed by atoms with Crippen LogP contribution in [0.2, 0.25) is 0 Å². The molecule has 12 rings (SSSR count). The van der Waals surface area contributed by atoms with Crippen molar-refractivity contribution in [2.75, 3.05) is 4.90 Å². The third-order valence-electron chi connectivity index (χ3n) is 12.9. The summed E-state index contributed by atoms with van der Waals surface area (Å²) in [5.41, 5.74) is 14.7. The maximum absolute atomic E-state index is 5.55. The highest BCUT2D eigenvalue weighted by atomic mass is 15.2. The highest BCUT2D eigenvalue weighted by Gasteiger charge is 2.37. The molecule has 0 amide bonds. The van der Waals surface area contributed by atoms with Crippen LogP contribution in [-0.2, 0) is 5.41 Å². The summed E-state index contributed by atoms with van der Waals surface area (Å²) in [6, 6.07) is 57.4. The molecule has 59 heavy (non-hydrogen) atoms. The maximum atomic E-state index is 5.55. The first-order valence-corrected chi connectivity index (χ1v) is 20.6. The van der Waals surface area contributed by atoms with Gasteiger partial charge in [-0.05, 0) is 75.5 Å². The van der Waals surface area contributed by atoms with Gasteiger partial charge in [0.25, 0.3) is 0 Å². The summed E-state index contributed by atoms with van der Waals surface area (Å²) in [4.78, 5) is 13.5. The van der Waals surface area contributed by atoms with Crippen molar-refractivity contribution in [3.63, 3.8) is 0 Å². The highest BCUT2D eigenvalue weighted by molar-refractivity contribution is 6.21. The number of aromatic nitrogens is 3. The lowest BCUT2D eigenvalue weighted by Gasteiger charge is -2.42. The number of nitrogens with zero attached hydrogens (tertiary/aromatic N) is 4. The van der Waals surface area contributed by atoms with Crippen LogP contribution in [0, 0.1) is 5.92 Å². The number of hydrogen-bond donors (Lipinski definition) is 0. The Balaban J connectivity index is 1.11. The number of hydrogen-bond acceptors (Lipinski definition) is 3. The van der Waals surface area contributed by atoms with E-state index in [-0.39, 0.29) is 17.3 Å². The van der Waals surface area contributed by atoms with Gasteiger partial charge in [-0.15, -0.1) is 0 Å². The molecule has 280 valence electrons. The fraction of sp³-hybridized carbons (Fsp3) is 0.0909. The van der Waals surface area contributed by atoms with Crippen molar-refractivity contribution in [1.82, 2.24) is 14.5 Å². The van der Waals surface area contributed by atoms with Gasteiger partial charge in [0.1, 0.15) is 0 Å². The first-order valence-electron chi connectivity index (χ1n) is 20.6. The first-order chi connectivity index (χ1) is 29.0. The molecule has 2 aromatic heterocycles. The van der Waals surface area contributed by atoms with Crippen LogP contribution >= 0.6 is 0 Å². The largest absolute Gasteiger partial charge is 0.310 e. The minimum Gasteiger partial charge on any atom is -0.310 e. The molecular formula is C55H40N4. The number of benzene rings is 7. The van der Waals surface area contributed by atoms with Gasteiger partial charge in [-0.2, -0.15) is 0 Å². The summed E-state index contributed by atoms with van der Waals surface area (Å²) in [6.07, 6.45) is 13.4. The molecule has 0 radical (unpaired) electrons. The van der Waals surface area contributed by atoms with Gasteiger partial charge in [-0.1, -0.05) is 166 Å². The molecule has 2 aliphatic carbocycles. The molecule has 9 aromatic rings. The van der Waals surface area contributed by atoms with Crippen LogP contribution < -0.4 is 4.90 Å². The Kier molecular flexibility index (Phi) is 7.37. The van der Waals surface area contributed by atoms with E-state index in [4.69, 9.17) is 9.97 Å². The van der Waals surface area contributed by atoms with E-state index in [1.54, 1.807) is 0 Å². The molecule has 4 nitrogen and oxygen atoms in total. The molecule has 0 saturated carbocycles. The Morgan fingerprint density at radius 2 is 1.27 bits per heavy atom. The Morgan fingerprint density at radius 3 is 2.15 bits per heavy atom. The average Bonchev–Trinajstić information content (AvgIpc) is 3.63. The monoisotopic (exact) mass is 756 g/mol. The Labute approximate surface area is 343 Å². The second-order valence-electron chi connectivity index (χ2n) is 16.6. The first kappa shape index (κ1) is 33.8. The number of fused-ring (bicyclic) bond motifs is 10. The van der Waals surface area contributed by atoms with Crippen LogP contribution in [0.25, 0.3) is 67.0 Å². The fourth-order valence-corrected chi connectivity index (χ4v) is 10.0. The van der Waals surface area contributed by atoms with E-state index in [2.05, 4.69) is 217 Å². The third kappa shape index (κ3) is 5.09. The molecule has 4 heteroatoms. The minimum absolute atomic E-state index is 0.133. The van der Waals surface area contributed by atoms with E-state index in [1.807, 2.05) is 0 Å². The van der Waals surface area contributed by atoms with Crippen LogP contribution in [0.3, 0.4) is 0 Å². The van der Waals surface area contributed by atoms with Gasteiger partial charge < -0.3 is 4.90 Å². The minimum atomic E-state index is -0.217. The SMILES string of the molecule is CC1(C)c2ccccc2N(c2ccccc2)c2ccc(-c3ccc4c5c6ccccc6ccc5n(-c5nc(-c6ccccc6)c6c(n5)C5C=CC=CC5C=C6)c4c3)cc21. The van der Waals surface area contributed by atoms with E-state index >= 15 is 0 Å². The van der Waals surface area contributed by atoms with Crippen LogP contribution in [0.5, 0.6) is 0 Å². The van der Waals surface area contributed by atoms with Crippen molar-refractivity contribution in [2.24, 2.45) is 5.92 Å². The van der Waals surface area contributed by atoms with Crippen molar-refractivity contribution in [3.05, 3.63) is 210 Å². The van der Waals surface area contributed by atoms with E-state index in [9.17, 15) is 0 Å². The predicted molar refractivity (Wildman–Crippen MR) is 245 cm³/mol. The fourth-order valence-electron chi connectivity index (χ4n) is 10.0. The third-order valence-corrected chi connectivity index (χ3v) is 12.9. The van der Waals surface area contributed by atoms with E-state index in [0.717, 1.165) is 44.8 Å². The standard InChI is InChI=1S/C55H40N4/c1-55(2)45-23-13-14-24-47(45)58(40-19-7-4-8-20-40)48-31-28-38(33-46(48)55)39-26-29-43-50(34-39)59(49-32-27-35-15-9-11-21-41(35)51(43)49)54-56-52(37-17-5-3-6-18-37)44-30-25-36-16-10-12-22-42(36)53(44)57-54/h3-34,36,42H,1-2H3. The molecule has 2 atom stereocenters. The van der Waals surface area contributed by atoms with Gasteiger partial charge in [0.15, 0.2) is 0 Å². The topological polar surface area (TPSA) is 34.0 Å². The summed E-state index contributed by atoms with van der Waals surface area (Å²) in [7, 11) is 0. The molecule has 0 saturated heterocycles. The quantitative estimate of drug-likeness (QED) is 0.179. The Bertz CT molecular complexity index is 3260. The van der Waals surface area contributed by atoms with Gasteiger partial charge in [0.05, 0.1) is 33.8 Å². The van der Waals surface area contributed by atoms with Crippen LogP contribution in [0.4, 0.5) is 17.1 Å². The molecule has 0 fully saturated rings. The second kappa shape index (κ2) is 12.9. The zero-order valence-corrected chi connectivity index (χ0v) is 32.9. The van der Waals surface area contributed by atoms with Crippen LogP contribution in [-0.4, -0.2) is 14.5 Å². The van der Waals surface area contributed by atoms with Crippen molar-refractivity contribution in [2.45, 2.75) is 25.2 Å². The number of para-hydroxylation sites is 2. The van der Waals surface area contributed by atoms with E-state index in [1.165, 1.54) is 49.6 Å². The van der Waals surface area contributed by atoms with Gasteiger partial charge in [-0.25, -0.2) is 9.97 Å². The summed E-state index contributed by atoms with van der Waals surface area (Å²) in [5, 5.41) is 4.84. The Hall–Kier alpha value is -7.30. The predicted octanol–water partition coefficient (Wildman–Crippen LogP) is 14.0. The Morgan fingerprint density at radius 1 is 0.542 bits per heavy atom. The molecule has 7 aromatic carbocycles. The molecule has 0 spiro atoms. The van der Waals surface area contributed by atoms with Crippen molar-refractivity contribution >= 4 is 55.7 Å². The normalized spacial score (nSPS) is 17.2. The van der Waals surface area contributed by atoms with Crippen molar-refractivity contribution in [1.29, 1.82) is 0 Å². The average molecular weight is 757 g/mol. The molecule has 1 aliphatic heterocycles. The van der Waals surface area contributed by atoms with Crippen LogP contribution in [0.1, 0.15) is 42.1 Å². The van der Waals surface area contributed by atoms with Gasteiger partial charge in [0, 0.05) is 44.8 Å². The zero-order chi connectivity index (χ0) is 39.2. The lowest BCUT2D eigenvalue weighted by molar-refractivity contribution is 0.632. The van der Waals surface area contributed by atoms with E-state index in [0.29, 0.717) is 5.95 Å². The second-order valence-corrected chi connectivity index (χ2v) is 16.6. The summed E-state index contributed by atoms with van der Waals surface area (Å²) in [6.45, 7) is 4.72. The summed E-state index contributed by atoms with van der Waals surface area (Å²) < 4.78 is 2.32. The zero-order valence-electron chi connectivity index (χ0n) is 32.9. The number of anilines is 3. The summed E-state index contributed by atoms with van der Waals surface area (Å²) in [5.74, 6) is 1.08. The smallest absolute Gasteiger partial charge is 0.235 e. The molecular weight excluding hydrogens is 717 g/mol. The van der Waals surface area contributed by atoms with Crippen LogP contribution in [0.15, 0.2) is 188 Å². The molecule has 0 bridgehead atoms. The maximum Gasteiger partial charge on any atom is 0.235 e. The van der Waals surface area contributed by atoms with E-state index < -0.39 is 0 Å². The highest BCUT2D eigenvalue weighted by Crippen LogP contribution is 2.53. The van der Waals surface area contributed by atoms with Crippen molar-refractivity contribution < 1.29 is 0 Å². The number of allylic oxidation sites excluding steroid dienone is 5. The molecule has 3 aliphatic rings. The molecule has 3 heterocycles. The van der Waals surface area contributed by atoms with Gasteiger partial charge >= 0.3 is 0 Å². The lowest BCUT2D eigenvalue weighted by Crippen LogP contribution is -2.30. The molecule has 2 unspecified atom stereocenters. The van der Waals surface area contributed by atoms with Gasteiger partial charge in [0.2, 0.25) is 5.95 Å². The van der Waals surface area contributed by atoms with Gasteiger partial charge in [-0.3, -0.25) is 4.57 Å². The lowest BCUT2D eigenvalue weighted by atomic mass is 9.73. The van der Waals surface area contributed by atoms with Crippen molar-refractivity contribution in [3.8, 4) is 28.3 Å². The molecule has 0 N–H and O–H groups in total. The number of rotatable bonds is 4. The summed E-state index contributed by atoms with van der Waals surface area (Å²) >= 11 is 0.